The number of anilines is 1. The minimum absolute atomic E-state index is 0.123. The van der Waals surface area contributed by atoms with Gasteiger partial charge in [0.15, 0.2) is 0 Å². The molecule has 0 saturated carbocycles. The standard InChI is InChI=1S/C30H36Cl2N6O5/c1-5-24(39)37-16-20(17-37)43-11-10-38-28-19(15-34-30(35-28)33-14-18-6-8-36(2)9-7-18)12-21(29(38)40)25-26(31)22(41-3)13-23(42-4)27(25)32/h5,12-13,15,18,20H,1,6-11,14,16-17H2,2-4H3,(H,33,34,35). The highest BCUT2D eigenvalue weighted by molar-refractivity contribution is 6.41. The molecule has 11 nitrogen and oxygen atoms in total. The summed E-state index contributed by atoms with van der Waals surface area (Å²) in [7, 11) is 5.09. The fourth-order valence-electron chi connectivity index (χ4n) is 5.42. The van der Waals surface area contributed by atoms with Crippen LogP contribution < -0.4 is 20.3 Å². The van der Waals surface area contributed by atoms with Gasteiger partial charge >= 0.3 is 0 Å². The maximum Gasteiger partial charge on any atom is 0.260 e. The Morgan fingerprint density at radius 2 is 1.81 bits per heavy atom. The molecule has 0 spiro atoms. The Bertz CT molecular complexity index is 1540. The molecular weight excluding hydrogens is 595 g/mol. The summed E-state index contributed by atoms with van der Waals surface area (Å²) in [5.41, 5.74) is 0.648. The number of hydrogen-bond acceptors (Lipinski definition) is 9. The first-order valence-electron chi connectivity index (χ1n) is 14.2. The van der Waals surface area contributed by atoms with Crippen molar-refractivity contribution < 1.29 is 19.0 Å². The first-order valence-corrected chi connectivity index (χ1v) is 15.0. The van der Waals surface area contributed by atoms with Gasteiger partial charge in [0.1, 0.15) is 17.1 Å². The highest BCUT2D eigenvalue weighted by Crippen LogP contribution is 2.45. The molecule has 2 aliphatic rings. The second kappa shape index (κ2) is 13.5. The number of piperidine rings is 1. The zero-order chi connectivity index (χ0) is 30.7. The minimum Gasteiger partial charge on any atom is -0.495 e. The van der Waals surface area contributed by atoms with Gasteiger partial charge in [-0.2, -0.15) is 4.98 Å². The zero-order valence-corrected chi connectivity index (χ0v) is 26.1. The smallest absolute Gasteiger partial charge is 0.260 e. The second-order valence-electron chi connectivity index (χ2n) is 10.8. The zero-order valence-electron chi connectivity index (χ0n) is 24.6. The second-order valence-corrected chi connectivity index (χ2v) is 11.6. The molecule has 0 radical (unpaired) electrons. The number of methoxy groups -OCH3 is 2. The molecule has 4 heterocycles. The molecule has 0 bridgehead atoms. The predicted octanol–water partition coefficient (Wildman–Crippen LogP) is 3.95. The van der Waals surface area contributed by atoms with E-state index in [1.807, 2.05) is 0 Å². The van der Waals surface area contributed by atoms with Crippen LogP contribution in [0.2, 0.25) is 10.0 Å². The number of carbonyl (C=O) groups excluding carboxylic acids is 1. The molecule has 2 saturated heterocycles. The molecule has 2 aliphatic heterocycles. The van der Waals surface area contributed by atoms with Gasteiger partial charge in [0.05, 0.1) is 49.1 Å². The molecule has 1 N–H and O–H groups in total. The van der Waals surface area contributed by atoms with E-state index < -0.39 is 0 Å². The number of fused-ring (bicyclic) bond motifs is 1. The van der Waals surface area contributed by atoms with Crippen molar-refractivity contribution in [2.75, 3.05) is 65.9 Å². The van der Waals surface area contributed by atoms with Crippen LogP contribution in [-0.4, -0.2) is 96.9 Å². The third kappa shape index (κ3) is 6.59. The molecule has 3 aromatic rings. The molecule has 43 heavy (non-hydrogen) atoms. The first kappa shape index (κ1) is 31.1. The molecule has 13 heteroatoms. The van der Waals surface area contributed by atoms with Crippen molar-refractivity contribution in [3.8, 4) is 22.6 Å². The number of likely N-dealkylation sites (tertiary alicyclic amines) is 2. The van der Waals surface area contributed by atoms with E-state index in [9.17, 15) is 9.59 Å². The van der Waals surface area contributed by atoms with Crippen LogP contribution in [0.3, 0.4) is 0 Å². The van der Waals surface area contributed by atoms with Crippen LogP contribution in [0.5, 0.6) is 11.5 Å². The van der Waals surface area contributed by atoms with Gasteiger partial charge in [0, 0.05) is 42.8 Å². The molecule has 1 aromatic carbocycles. The number of hydrogen-bond donors (Lipinski definition) is 1. The first-order chi connectivity index (χ1) is 20.7. The van der Waals surface area contributed by atoms with Gasteiger partial charge in [-0.3, -0.25) is 14.2 Å². The number of aromatic nitrogens is 3. The molecule has 0 unspecified atom stereocenters. The monoisotopic (exact) mass is 630 g/mol. The lowest BCUT2D eigenvalue weighted by atomic mass is 9.97. The fourth-order valence-corrected chi connectivity index (χ4v) is 6.12. The summed E-state index contributed by atoms with van der Waals surface area (Å²) < 4.78 is 18.4. The van der Waals surface area contributed by atoms with Gasteiger partial charge in [0.2, 0.25) is 11.9 Å². The number of benzene rings is 1. The molecular formula is C30H36Cl2N6O5. The van der Waals surface area contributed by atoms with Crippen molar-refractivity contribution in [3.05, 3.63) is 51.4 Å². The Morgan fingerprint density at radius 1 is 1.14 bits per heavy atom. The quantitative estimate of drug-likeness (QED) is 0.315. The summed E-state index contributed by atoms with van der Waals surface area (Å²) >= 11 is 13.4. The lowest BCUT2D eigenvalue weighted by Gasteiger charge is -2.38. The largest absolute Gasteiger partial charge is 0.495 e. The van der Waals surface area contributed by atoms with Crippen molar-refractivity contribution >= 4 is 46.1 Å². The summed E-state index contributed by atoms with van der Waals surface area (Å²) in [6.07, 6.45) is 5.05. The number of amides is 1. The normalized spacial score (nSPS) is 16.3. The van der Waals surface area contributed by atoms with Crippen LogP contribution in [-0.2, 0) is 16.1 Å². The van der Waals surface area contributed by atoms with E-state index in [2.05, 4.69) is 28.8 Å². The highest BCUT2D eigenvalue weighted by atomic mass is 35.5. The molecule has 0 aliphatic carbocycles. The minimum atomic E-state index is -0.354. The van der Waals surface area contributed by atoms with Crippen LogP contribution in [0.1, 0.15) is 12.8 Å². The topological polar surface area (TPSA) is 111 Å². The molecule has 2 aromatic heterocycles. The number of ether oxygens (including phenoxy) is 3. The van der Waals surface area contributed by atoms with Crippen molar-refractivity contribution in [3.63, 3.8) is 0 Å². The number of nitrogens with zero attached hydrogens (tertiary/aromatic N) is 5. The van der Waals surface area contributed by atoms with Gasteiger partial charge in [-0.25, -0.2) is 4.98 Å². The van der Waals surface area contributed by atoms with E-state index >= 15 is 0 Å². The van der Waals surface area contributed by atoms with E-state index in [0.717, 1.165) is 32.5 Å². The van der Waals surface area contributed by atoms with Gasteiger partial charge in [-0.05, 0) is 51.0 Å². The van der Waals surface area contributed by atoms with Crippen LogP contribution in [0.4, 0.5) is 5.95 Å². The third-order valence-electron chi connectivity index (χ3n) is 8.06. The summed E-state index contributed by atoms with van der Waals surface area (Å²) in [5, 5.41) is 4.37. The Kier molecular flexibility index (Phi) is 9.75. The predicted molar refractivity (Wildman–Crippen MR) is 168 cm³/mol. The van der Waals surface area contributed by atoms with E-state index in [1.165, 1.54) is 20.3 Å². The molecule has 2 fully saturated rings. The average Bonchev–Trinajstić information content (AvgIpc) is 2.99. The summed E-state index contributed by atoms with van der Waals surface area (Å²) in [6, 6.07) is 3.26. The van der Waals surface area contributed by atoms with Crippen LogP contribution >= 0.6 is 23.2 Å². The van der Waals surface area contributed by atoms with Crippen molar-refractivity contribution in [1.82, 2.24) is 24.3 Å². The number of rotatable bonds is 11. The van der Waals surface area contributed by atoms with Crippen molar-refractivity contribution in [2.45, 2.75) is 25.5 Å². The van der Waals surface area contributed by atoms with E-state index in [1.54, 1.807) is 27.8 Å². The number of halogens is 2. The van der Waals surface area contributed by atoms with Crippen molar-refractivity contribution in [2.24, 2.45) is 5.92 Å². The van der Waals surface area contributed by atoms with E-state index in [-0.39, 0.29) is 46.3 Å². The Labute approximate surface area is 260 Å². The van der Waals surface area contributed by atoms with Gasteiger partial charge < -0.3 is 29.3 Å². The van der Waals surface area contributed by atoms with E-state index in [4.69, 9.17) is 42.4 Å². The SMILES string of the molecule is C=CC(=O)N1CC(OCCn2c(=O)c(-c3c(Cl)c(OC)cc(OC)c3Cl)cc3cnc(NCC4CCN(C)CC4)nc32)C1. The Balaban J connectivity index is 1.48. The van der Waals surface area contributed by atoms with Crippen LogP contribution in [0.25, 0.3) is 22.2 Å². The molecule has 5 rings (SSSR count). The van der Waals surface area contributed by atoms with Gasteiger partial charge in [-0.15, -0.1) is 0 Å². The lowest BCUT2D eigenvalue weighted by Crippen LogP contribution is -2.54. The van der Waals surface area contributed by atoms with E-state index in [0.29, 0.717) is 53.1 Å². The van der Waals surface area contributed by atoms with Gasteiger partial charge in [0.25, 0.3) is 5.56 Å². The van der Waals surface area contributed by atoms with Crippen LogP contribution in [0, 0.1) is 5.92 Å². The molecule has 1 amide bonds. The Morgan fingerprint density at radius 3 is 2.44 bits per heavy atom. The lowest BCUT2D eigenvalue weighted by molar-refractivity contribution is -0.139. The Hall–Kier alpha value is -3.38. The number of carbonyl (C=O) groups is 1. The summed E-state index contributed by atoms with van der Waals surface area (Å²) in [6.45, 7) is 7.78. The average molecular weight is 632 g/mol. The maximum absolute atomic E-state index is 14.1. The van der Waals surface area contributed by atoms with Gasteiger partial charge in [-0.1, -0.05) is 29.8 Å². The van der Waals surface area contributed by atoms with Crippen LogP contribution in [0.15, 0.2) is 35.8 Å². The third-order valence-corrected chi connectivity index (χ3v) is 8.81. The number of pyridine rings is 1. The highest BCUT2D eigenvalue weighted by Gasteiger charge is 2.30. The number of nitrogens with one attached hydrogen (secondary N) is 1. The maximum atomic E-state index is 14.1. The molecule has 0 atom stereocenters. The fraction of sp³-hybridized carbons (Fsp3) is 0.467. The summed E-state index contributed by atoms with van der Waals surface area (Å²) in [5.74, 6) is 1.48. The summed E-state index contributed by atoms with van der Waals surface area (Å²) in [4.78, 5) is 39.2. The molecule has 230 valence electrons. The van der Waals surface area contributed by atoms with Crippen molar-refractivity contribution in [1.29, 1.82) is 0 Å².